The van der Waals surface area contributed by atoms with E-state index in [9.17, 15) is 0 Å². The van der Waals surface area contributed by atoms with Crippen molar-refractivity contribution in [1.29, 1.82) is 0 Å². The minimum atomic E-state index is 0. The molecule has 0 N–H and O–H groups in total. The van der Waals surface area contributed by atoms with Crippen LogP contribution in [-0.2, 0) is 21.7 Å². The Morgan fingerprint density at radius 3 is 0.462 bits per heavy atom. The normalized spacial score (nSPS) is 24.2. The van der Waals surface area contributed by atoms with Gasteiger partial charge in [0.1, 0.15) is 0 Å². The fourth-order valence-corrected chi connectivity index (χ4v) is 2.81. The molecule has 0 heterocycles. The Balaban J connectivity index is 0. The molecule has 2 rings (SSSR count). The third-order valence-electron chi connectivity index (χ3n) is 5.62. The van der Waals surface area contributed by atoms with Gasteiger partial charge in [0.15, 0.2) is 0 Å². The zero-order chi connectivity index (χ0) is 20.3. The van der Waals surface area contributed by atoms with Crippen molar-refractivity contribution in [2.24, 2.45) is 5.41 Å². The summed E-state index contributed by atoms with van der Waals surface area (Å²) in [6, 6.07) is 0. The third-order valence-corrected chi connectivity index (χ3v) is 5.62. The van der Waals surface area contributed by atoms with E-state index in [1.165, 1.54) is 59.2 Å². The first-order valence-electron chi connectivity index (χ1n) is 9.35. The first-order chi connectivity index (χ1) is 11.1. The molecule has 0 nitrogen and oxygen atoms in total. The summed E-state index contributed by atoms with van der Waals surface area (Å²) in [5.74, 6) is 14.7. The Bertz CT molecular complexity index is 243. The maximum Gasteiger partial charge on any atom is 0 e. The molecule has 2 saturated carbocycles. The number of hydrogen-bond acceptors (Lipinski definition) is 0. The van der Waals surface area contributed by atoms with Crippen molar-refractivity contribution < 1.29 is 21.7 Å². The molecule has 0 aromatic heterocycles. The molecule has 0 saturated heterocycles. The van der Waals surface area contributed by atoms with Gasteiger partial charge in [0, 0.05) is 21.7 Å². The maximum absolute atomic E-state index is 3.77. The summed E-state index contributed by atoms with van der Waals surface area (Å²) in [6.45, 7) is 32.0. The summed E-state index contributed by atoms with van der Waals surface area (Å²) in [7, 11) is 0. The van der Waals surface area contributed by atoms with Crippen LogP contribution in [0, 0.1) is 71.5 Å². The number of rotatable bonds is 0. The van der Waals surface area contributed by atoms with E-state index in [2.05, 4.69) is 96.9 Å². The second kappa shape index (κ2) is 11.7. The van der Waals surface area contributed by atoms with Gasteiger partial charge < -0.3 is 6.92 Å². The third kappa shape index (κ3) is 8.38. The monoisotopic (exact) mass is 389 g/mol. The van der Waals surface area contributed by atoms with E-state index in [0.29, 0.717) is 0 Å². The van der Waals surface area contributed by atoms with E-state index < -0.39 is 0 Å². The van der Waals surface area contributed by atoms with Gasteiger partial charge in [-0.05, 0) is 59.2 Å². The average Bonchev–Trinajstić information content (AvgIpc) is 2.77. The molecule has 0 unspecified atom stereocenters. The fourth-order valence-electron chi connectivity index (χ4n) is 2.81. The van der Waals surface area contributed by atoms with E-state index in [-0.39, 0.29) is 27.1 Å². The molecule has 2 fully saturated rings. The number of hydrogen-bond donors (Lipinski definition) is 0. The minimum Gasteiger partial charge on any atom is -0.338 e. The molecule has 0 atom stereocenters. The van der Waals surface area contributed by atoms with Crippen LogP contribution in [0.5, 0.6) is 0 Å². The first kappa shape index (κ1) is 28.9. The topological polar surface area (TPSA) is 0 Å². The Kier molecular flexibility index (Phi) is 13.0. The molecule has 0 amide bonds. The Morgan fingerprint density at radius 1 is 0.385 bits per heavy atom. The van der Waals surface area contributed by atoms with Crippen LogP contribution in [-0.4, -0.2) is 0 Å². The summed E-state index contributed by atoms with van der Waals surface area (Å²) in [5.41, 5.74) is 0.250. The molecule has 146 valence electrons. The predicted molar refractivity (Wildman–Crippen MR) is 114 cm³/mol. The quantitative estimate of drug-likeness (QED) is 0.293. The Hall–Kier alpha value is 0.714. The minimum absolute atomic E-state index is 0. The summed E-state index contributed by atoms with van der Waals surface area (Å²) < 4.78 is 0. The van der Waals surface area contributed by atoms with Gasteiger partial charge in [0.25, 0.3) is 0 Å². The fraction of sp³-hybridized carbons (Fsp3) is 0.560. The van der Waals surface area contributed by atoms with Gasteiger partial charge in [-0.2, -0.15) is 5.41 Å². The molecule has 0 aliphatic heterocycles. The molecule has 10 radical (unpaired) electrons. The van der Waals surface area contributed by atoms with Crippen LogP contribution in [0.3, 0.4) is 0 Å². The van der Waals surface area contributed by atoms with Gasteiger partial charge >= 0.3 is 0 Å². The van der Waals surface area contributed by atoms with Crippen molar-refractivity contribution in [1.82, 2.24) is 0 Å². The second-order valence-electron chi connectivity index (χ2n) is 8.81. The Morgan fingerprint density at radius 2 is 0.423 bits per heavy atom. The molecular weight excluding hydrogens is 348 g/mol. The second-order valence-corrected chi connectivity index (χ2v) is 8.81. The summed E-state index contributed by atoms with van der Waals surface area (Å²) in [4.78, 5) is 0. The van der Waals surface area contributed by atoms with Crippen LogP contribution in [0.4, 0.5) is 0 Å². The van der Waals surface area contributed by atoms with Gasteiger partial charge in [-0.25, -0.2) is 0 Å². The van der Waals surface area contributed by atoms with Crippen molar-refractivity contribution >= 4 is 0 Å². The smallest absolute Gasteiger partial charge is 0 e. The van der Waals surface area contributed by atoms with Crippen molar-refractivity contribution in [3.8, 4) is 0 Å². The van der Waals surface area contributed by atoms with Gasteiger partial charge in [-0.1, -0.05) is 90.0 Å². The molecule has 2 aliphatic rings. The molecule has 0 bridgehead atoms. The largest absolute Gasteiger partial charge is 0.338 e. The standard InChI is InChI=1S/2C10H15.C5H11.Ti/c2*1-6-7(2)9(4)10(5)8(6)3;1-5(2,3)4;/h2*1-5H3;1H2,2-4H3;/q;;-1;. The van der Waals surface area contributed by atoms with Crippen LogP contribution >= 0.6 is 0 Å². The average molecular weight is 389 g/mol. The molecular formula is C25H41Ti-. The van der Waals surface area contributed by atoms with Crippen molar-refractivity contribution in [3.05, 3.63) is 66.1 Å². The van der Waals surface area contributed by atoms with E-state index in [0.717, 1.165) is 0 Å². The van der Waals surface area contributed by atoms with Crippen LogP contribution in [0.25, 0.3) is 0 Å². The zero-order valence-corrected chi connectivity index (χ0v) is 21.3. The van der Waals surface area contributed by atoms with E-state index in [4.69, 9.17) is 0 Å². The van der Waals surface area contributed by atoms with Gasteiger partial charge in [-0.15, -0.1) is 0 Å². The van der Waals surface area contributed by atoms with Gasteiger partial charge in [0.2, 0.25) is 0 Å². The Labute approximate surface area is 183 Å². The van der Waals surface area contributed by atoms with Crippen molar-refractivity contribution in [2.45, 2.75) is 90.0 Å². The van der Waals surface area contributed by atoms with Gasteiger partial charge in [-0.3, -0.25) is 0 Å². The van der Waals surface area contributed by atoms with Crippen LogP contribution in [0.15, 0.2) is 0 Å². The maximum atomic E-state index is 3.77. The molecule has 0 aromatic carbocycles. The molecule has 26 heavy (non-hydrogen) atoms. The summed E-state index contributed by atoms with van der Waals surface area (Å²) in [6.07, 6.45) is 0. The van der Waals surface area contributed by atoms with Crippen LogP contribution in [0.1, 0.15) is 90.0 Å². The zero-order valence-electron chi connectivity index (χ0n) is 19.7. The first-order valence-corrected chi connectivity index (χ1v) is 9.35. The SMILES string of the molecule is C[C]1[C](C)[C](C)[C](C)[C]1C.C[C]1[C](C)[C](C)[C](C)[C]1C.[CH2-]C(C)(C)C.[Ti]. The van der Waals surface area contributed by atoms with Crippen LogP contribution in [0.2, 0.25) is 0 Å². The van der Waals surface area contributed by atoms with E-state index >= 15 is 0 Å². The van der Waals surface area contributed by atoms with E-state index in [1.807, 2.05) is 0 Å². The van der Waals surface area contributed by atoms with E-state index in [1.54, 1.807) is 0 Å². The molecule has 0 aromatic rings. The van der Waals surface area contributed by atoms with Crippen LogP contribution < -0.4 is 0 Å². The van der Waals surface area contributed by atoms with Crippen molar-refractivity contribution in [2.75, 3.05) is 0 Å². The van der Waals surface area contributed by atoms with Gasteiger partial charge in [0.05, 0.1) is 0 Å². The molecule has 0 spiro atoms. The summed E-state index contributed by atoms with van der Waals surface area (Å²) in [5, 5.41) is 0. The predicted octanol–water partition coefficient (Wildman–Crippen LogP) is 7.81. The molecule has 1 heteroatoms. The van der Waals surface area contributed by atoms with Crippen molar-refractivity contribution in [3.63, 3.8) is 0 Å². The molecule has 2 aliphatic carbocycles. The summed E-state index contributed by atoms with van der Waals surface area (Å²) >= 11 is 0.